The number of benzene rings is 1. The Labute approximate surface area is 180 Å². The Bertz CT molecular complexity index is 1290. The van der Waals surface area contributed by atoms with Crippen molar-refractivity contribution < 1.29 is 23.5 Å². The first-order valence-corrected chi connectivity index (χ1v) is 9.22. The number of carbonyl (C=O) groups is 3. The van der Waals surface area contributed by atoms with E-state index in [-0.39, 0.29) is 28.7 Å². The SMILES string of the molecule is COC(=O)c1ccc(-c2n[nH]c(C(N)=O)c2NC(=O)c2coc(-c3ccncc3)n2)cc1. The number of H-pyrrole nitrogens is 1. The maximum absolute atomic E-state index is 12.8. The summed E-state index contributed by atoms with van der Waals surface area (Å²) in [6.45, 7) is 0. The molecule has 3 aromatic heterocycles. The zero-order valence-electron chi connectivity index (χ0n) is 16.7. The highest BCUT2D eigenvalue weighted by Gasteiger charge is 2.23. The number of nitrogens with two attached hydrogens (primary N) is 1. The van der Waals surface area contributed by atoms with E-state index in [1.807, 2.05) is 0 Å². The minimum Gasteiger partial charge on any atom is -0.465 e. The molecule has 0 atom stereocenters. The average Bonchev–Trinajstić information content (AvgIpc) is 3.47. The number of esters is 1. The summed E-state index contributed by atoms with van der Waals surface area (Å²) in [5, 5.41) is 9.23. The summed E-state index contributed by atoms with van der Waals surface area (Å²) < 4.78 is 10.0. The molecule has 0 unspecified atom stereocenters. The molecular formula is C21H16N6O5. The molecule has 0 spiro atoms. The van der Waals surface area contributed by atoms with Crippen LogP contribution in [0.2, 0.25) is 0 Å². The highest BCUT2D eigenvalue weighted by atomic mass is 16.5. The van der Waals surface area contributed by atoms with Crippen molar-refractivity contribution in [2.45, 2.75) is 0 Å². The standard InChI is InChI=1S/C21H16N6O5/c1-31-21(30)13-4-2-11(3-5-13)15-16(17(18(22)28)27-26-15)25-19(29)14-10-32-20(24-14)12-6-8-23-9-7-12/h2-10H,1H3,(H2,22,28)(H,25,29)(H,26,27). The minimum absolute atomic E-state index is 0.0135. The molecular weight excluding hydrogens is 416 g/mol. The summed E-state index contributed by atoms with van der Waals surface area (Å²) in [6.07, 6.45) is 4.34. The number of pyridine rings is 1. The molecule has 3 heterocycles. The summed E-state index contributed by atoms with van der Waals surface area (Å²) in [5.41, 5.74) is 7.13. The number of nitrogens with one attached hydrogen (secondary N) is 2. The van der Waals surface area contributed by atoms with Crippen molar-refractivity contribution in [2.24, 2.45) is 5.73 Å². The number of aromatic nitrogens is 4. The number of primary amides is 1. The number of hydrogen-bond acceptors (Lipinski definition) is 8. The van der Waals surface area contributed by atoms with Crippen molar-refractivity contribution in [1.29, 1.82) is 0 Å². The molecule has 2 amide bonds. The number of aromatic amines is 1. The summed E-state index contributed by atoms with van der Waals surface area (Å²) >= 11 is 0. The van der Waals surface area contributed by atoms with Crippen molar-refractivity contribution >= 4 is 23.5 Å². The van der Waals surface area contributed by atoms with Gasteiger partial charge in [-0.25, -0.2) is 9.78 Å². The second-order valence-corrected chi connectivity index (χ2v) is 6.48. The van der Waals surface area contributed by atoms with Gasteiger partial charge in [0.2, 0.25) is 5.89 Å². The van der Waals surface area contributed by atoms with Crippen LogP contribution in [0.3, 0.4) is 0 Å². The predicted molar refractivity (Wildman–Crippen MR) is 112 cm³/mol. The third-order valence-corrected chi connectivity index (χ3v) is 4.49. The van der Waals surface area contributed by atoms with Gasteiger partial charge in [-0.15, -0.1) is 0 Å². The quantitative estimate of drug-likeness (QED) is 0.390. The number of anilines is 1. The minimum atomic E-state index is -0.817. The molecule has 4 aromatic rings. The summed E-state index contributed by atoms with van der Waals surface area (Å²) in [4.78, 5) is 44.4. The van der Waals surface area contributed by atoms with Gasteiger partial charge in [-0.2, -0.15) is 5.10 Å². The number of rotatable bonds is 6. The van der Waals surface area contributed by atoms with Gasteiger partial charge >= 0.3 is 5.97 Å². The lowest BCUT2D eigenvalue weighted by molar-refractivity contribution is 0.0600. The van der Waals surface area contributed by atoms with E-state index < -0.39 is 17.8 Å². The van der Waals surface area contributed by atoms with Gasteiger partial charge in [0, 0.05) is 23.5 Å². The highest BCUT2D eigenvalue weighted by Crippen LogP contribution is 2.30. The van der Waals surface area contributed by atoms with E-state index in [2.05, 4.69) is 30.2 Å². The first-order chi connectivity index (χ1) is 15.5. The lowest BCUT2D eigenvalue weighted by atomic mass is 10.1. The van der Waals surface area contributed by atoms with Crippen LogP contribution in [0.5, 0.6) is 0 Å². The van der Waals surface area contributed by atoms with Gasteiger partial charge in [0.05, 0.1) is 12.7 Å². The summed E-state index contributed by atoms with van der Waals surface area (Å²) in [6, 6.07) is 9.63. The lowest BCUT2D eigenvalue weighted by Gasteiger charge is -2.06. The molecule has 4 rings (SSSR count). The average molecular weight is 432 g/mol. The Morgan fingerprint density at radius 1 is 1.06 bits per heavy atom. The van der Waals surface area contributed by atoms with Crippen LogP contribution in [0.25, 0.3) is 22.7 Å². The zero-order valence-corrected chi connectivity index (χ0v) is 16.7. The Hall–Kier alpha value is -4.80. The largest absolute Gasteiger partial charge is 0.465 e. The summed E-state index contributed by atoms with van der Waals surface area (Å²) in [7, 11) is 1.28. The van der Waals surface area contributed by atoms with E-state index >= 15 is 0 Å². The molecule has 0 aliphatic carbocycles. The van der Waals surface area contributed by atoms with Gasteiger partial charge in [0.25, 0.3) is 11.8 Å². The molecule has 0 aliphatic rings. The third kappa shape index (κ3) is 3.94. The number of amides is 2. The van der Waals surface area contributed by atoms with Gasteiger partial charge in [-0.1, -0.05) is 12.1 Å². The Balaban J connectivity index is 1.64. The van der Waals surface area contributed by atoms with Crippen LogP contribution in [0.15, 0.2) is 59.5 Å². The molecule has 160 valence electrons. The van der Waals surface area contributed by atoms with Crippen LogP contribution < -0.4 is 11.1 Å². The van der Waals surface area contributed by atoms with E-state index in [0.29, 0.717) is 16.7 Å². The van der Waals surface area contributed by atoms with E-state index in [1.54, 1.807) is 36.7 Å². The van der Waals surface area contributed by atoms with Crippen molar-refractivity contribution in [2.75, 3.05) is 12.4 Å². The van der Waals surface area contributed by atoms with Crippen molar-refractivity contribution in [3.8, 4) is 22.7 Å². The molecule has 0 fully saturated rings. The molecule has 0 saturated heterocycles. The van der Waals surface area contributed by atoms with Gasteiger partial charge < -0.3 is 20.2 Å². The first kappa shape index (κ1) is 20.5. The fourth-order valence-electron chi connectivity index (χ4n) is 2.92. The number of carbonyl (C=O) groups excluding carboxylic acids is 3. The first-order valence-electron chi connectivity index (χ1n) is 9.22. The van der Waals surface area contributed by atoms with Crippen LogP contribution in [0.4, 0.5) is 5.69 Å². The van der Waals surface area contributed by atoms with Gasteiger partial charge in [0.1, 0.15) is 23.3 Å². The maximum atomic E-state index is 12.8. The molecule has 0 bridgehead atoms. The third-order valence-electron chi connectivity index (χ3n) is 4.49. The topological polar surface area (TPSA) is 166 Å². The van der Waals surface area contributed by atoms with Crippen LogP contribution in [0, 0.1) is 0 Å². The monoisotopic (exact) mass is 432 g/mol. The molecule has 0 aliphatic heterocycles. The number of hydrogen-bond donors (Lipinski definition) is 3. The Kier molecular flexibility index (Phi) is 5.45. The second-order valence-electron chi connectivity index (χ2n) is 6.48. The number of methoxy groups -OCH3 is 1. The number of ether oxygens (including phenoxy) is 1. The van der Waals surface area contributed by atoms with Crippen LogP contribution >= 0.6 is 0 Å². The van der Waals surface area contributed by atoms with E-state index in [4.69, 9.17) is 10.2 Å². The van der Waals surface area contributed by atoms with E-state index in [0.717, 1.165) is 0 Å². The smallest absolute Gasteiger partial charge is 0.337 e. The Morgan fingerprint density at radius 3 is 2.44 bits per heavy atom. The van der Waals surface area contributed by atoms with Gasteiger partial charge in [-0.3, -0.25) is 19.7 Å². The molecule has 1 aromatic carbocycles. The molecule has 0 radical (unpaired) electrons. The molecule has 32 heavy (non-hydrogen) atoms. The number of oxazole rings is 1. The Morgan fingerprint density at radius 2 is 1.78 bits per heavy atom. The lowest BCUT2D eigenvalue weighted by Crippen LogP contribution is -2.18. The van der Waals surface area contributed by atoms with Crippen LogP contribution in [-0.4, -0.2) is 45.1 Å². The molecule has 11 heteroatoms. The van der Waals surface area contributed by atoms with Crippen LogP contribution in [0.1, 0.15) is 31.3 Å². The van der Waals surface area contributed by atoms with Crippen molar-refractivity contribution in [1.82, 2.24) is 20.2 Å². The fraction of sp³-hybridized carbons (Fsp3) is 0.0476. The maximum Gasteiger partial charge on any atom is 0.337 e. The molecule has 11 nitrogen and oxygen atoms in total. The van der Waals surface area contributed by atoms with Crippen LogP contribution in [-0.2, 0) is 4.74 Å². The fourth-order valence-corrected chi connectivity index (χ4v) is 2.92. The van der Waals surface area contributed by atoms with Gasteiger partial charge in [0.15, 0.2) is 5.69 Å². The predicted octanol–water partition coefficient (Wildman–Crippen LogP) is 2.26. The zero-order chi connectivity index (χ0) is 22.7. The second kappa shape index (κ2) is 8.52. The number of nitrogens with zero attached hydrogens (tertiary/aromatic N) is 3. The van der Waals surface area contributed by atoms with Gasteiger partial charge in [-0.05, 0) is 24.3 Å². The molecule has 0 saturated carbocycles. The van der Waals surface area contributed by atoms with E-state index in [9.17, 15) is 14.4 Å². The summed E-state index contributed by atoms with van der Waals surface area (Å²) in [5.74, 6) is -1.72. The highest BCUT2D eigenvalue weighted by molar-refractivity contribution is 6.10. The normalized spacial score (nSPS) is 10.5. The van der Waals surface area contributed by atoms with Crippen molar-refractivity contribution in [3.05, 3.63) is 72.0 Å². The molecule has 4 N–H and O–H groups in total. The van der Waals surface area contributed by atoms with E-state index in [1.165, 1.54) is 25.5 Å². The van der Waals surface area contributed by atoms with Crippen molar-refractivity contribution in [3.63, 3.8) is 0 Å².